The predicted molar refractivity (Wildman–Crippen MR) is 82.0 cm³/mol. The summed E-state index contributed by atoms with van der Waals surface area (Å²) in [5, 5.41) is 10.0. The second-order valence-corrected chi connectivity index (χ2v) is 7.18. The van der Waals surface area contributed by atoms with Crippen LogP contribution in [-0.4, -0.2) is 64.4 Å². The Bertz CT molecular complexity index is 511. The maximum atomic E-state index is 12.4. The van der Waals surface area contributed by atoms with Gasteiger partial charge in [0, 0.05) is 32.0 Å². The van der Waals surface area contributed by atoms with E-state index in [2.05, 4.69) is 0 Å². The Morgan fingerprint density at radius 2 is 1.57 bits per heavy atom. The van der Waals surface area contributed by atoms with Gasteiger partial charge in [-0.2, -0.15) is 0 Å². The van der Waals surface area contributed by atoms with Crippen LogP contribution in [0.15, 0.2) is 0 Å². The molecule has 2 saturated heterocycles. The Balaban J connectivity index is 1.48. The number of carbonyl (C=O) groups is 3. The van der Waals surface area contributed by atoms with E-state index >= 15 is 0 Å². The Kier molecular flexibility index (Phi) is 4.31. The number of rotatable bonds is 3. The van der Waals surface area contributed by atoms with Gasteiger partial charge in [-0.3, -0.25) is 14.4 Å². The molecule has 3 N–H and O–H groups in total. The number of primary amides is 1. The standard InChI is InChI=1S/C16H25N3O4/c17-15(22)16(23)6-7-18(10-16)14(21)12-8-19(9-12)13(20)11-4-2-1-3-5-11/h11-12,23H,1-10H2,(H2,17,22). The lowest BCUT2D eigenvalue weighted by Crippen LogP contribution is -2.58. The van der Waals surface area contributed by atoms with Crippen LogP contribution >= 0.6 is 0 Å². The van der Waals surface area contributed by atoms with Crippen LogP contribution in [0.4, 0.5) is 0 Å². The molecule has 0 aromatic carbocycles. The fourth-order valence-electron chi connectivity index (χ4n) is 3.86. The molecule has 0 aromatic rings. The number of amides is 3. The van der Waals surface area contributed by atoms with Crippen molar-refractivity contribution < 1.29 is 19.5 Å². The number of hydrogen-bond acceptors (Lipinski definition) is 4. The molecule has 23 heavy (non-hydrogen) atoms. The van der Waals surface area contributed by atoms with Gasteiger partial charge in [-0.15, -0.1) is 0 Å². The zero-order valence-electron chi connectivity index (χ0n) is 13.4. The quantitative estimate of drug-likeness (QED) is 0.729. The molecule has 3 rings (SSSR count). The van der Waals surface area contributed by atoms with E-state index in [1.165, 1.54) is 11.3 Å². The molecule has 1 saturated carbocycles. The van der Waals surface area contributed by atoms with Crippen LogP contribution in [0.5, 0.6) is 0 Å². The molecule has 1 unspecified atom stereocenters. The third-order valence-electron chi connectivity index (χ3n) is 5.51. The smallest absolute Gasteiger partial charge is 0.251 e. The van der Waals surface area contributed by atoms with Gasteiger partial charge < -0.3 is 20.6 Å². The zero-order valence-corrected chi connectivity index (χ0v) is 13.4. The van der Waals surface area contributed by atoms with Crippen molar-refractivity contribution >= 4 is 17.7 Å². The molecule has 2 heterocycles. The largest absolute Gasteiger partial charge is 0.378 e. The first-order valence-electron chi connectivity index (χ1n) is 8.50. The minimum absolute atomic E-state index is 0.0335. The Morgan fingerprint density at radius 1 is 0.957 bits per heavy atom. The van der Waals surface area contributed by atoms with Gasteiger partial charge in [0.1, 0.15) is 0 Å². The molecule has 3 aliphatic rings. The minimum atomic E-state index is -1.60. The Morgan fingerprint density at radius 3 is 2.13 bits per heavy atom. The highest BCUT2D eigenvalue weighted by Crippen LogP contribution is 2.30. The molecule has 7 nitrogen and oxygen atoms in total. The van der Waals surface area contributed by atoms with Crippen molar-refractivity contribution in [1.82, 2.24) is 9.80 Å². The summed E-state index contributed by atoms with van der Waals surface area (Å²) in [7, 11) is 0. The number of carbonyl (C=O) groups excluding carboxylic acids is 3. The van der Waals surface area contributed by atoms with E-state index in [0.717, 1.165) is 25.7 Å². The first kappa shape index (κ1) is 16.2. The summed E-state index contributed by atoms with van der Waals surface area (Å²) in [6.45, 7) is 1.22. The summed E-state index contributed by atoms with van der Waals surface area (Å²) >= 11 is 0. The van der Waals surface area contributed by atoms with Crippen LogP contribution in [-0.2, 0) is 14.4 Å². The SMILES string of the molecule is NC(=O)C1(O)CCN(C(=O)C2CN(C(=O)C3CCCCC3)C2)C1. The lowest BCUT2D eigenvalue weighted by Gasteiger charge is -2.42. The van der Waals surface area contributed by atoms with Gasteiger partial charge in [0.2, 0.25) is 11.8 Å². The molecular formula is C16H25N3O4. The lowest BCUT2D eigenvalue weighted by atomic mass is 9.86. The highest BCUT2D eigenvalue weighted by Gasteiger charge is 2.47. The third kappa shape index (κ3) is 3.06. The average Bonchev–Trinajstić information content (AvgIpc) is 2.90. The van der Waals surface area contributed by atoms with E-state index in [0.29, 0.717) is 19.6 Å². The van der Waals surface area contributed by atoms with Crippen LogP contribution in [0, 0.1) is 11.8 Å². The van der Waals surface area contributed by atoms with Gasteiger partial charge in [0.05, 0.1) is 12.5 Å². The molecule has 128 valence electrons. The van der Waals surface area contributed by atoms with Gasteiger partial charge in [0.25, 0.3) is 5.91 Å². The molecule has 1 aliphatic carbocycles. The van der Waals surface area contributed by atoms with Crippen LogP contribution < -0.4 is 5.73 Å². The van der Waals surface area contributed by atoms with Crippen LogP contribution in [0.3, 0.4) is 0 Å². The number of likely N-dealkylation sites (tertiary alicyclic amines) is 2. The van der Waals surface area contributed by atoms with E-state index in [-0.39, 0.29) is 36.6 Å². The average molecular weight is 323 g/mol. The van der Waals surface area contributed by atoms with Crippen LogP contribution in [0.25, 0.3) is 0 Å². The number of aliphatic hydroxyl groups is 1. The second kappa shape index (κ2) is 6.11. The molecule has 0 aromatic heterocycles. The monoisotopic (exact) mass is 323 g/mol. The summed E-state index contributed by atoms with van der Waals surface area (Å²) in [6.07, 6.45) is 5.56. The summed E-state index contributed by atoms with van der Waals surface area (Å²) in [4.78, 5) is 39.3. The zero-order chi connectivity index (χ0) is 16.6. The van der Waals surface area contributed by atoms with Gasteiger partial charge in [0.15, 0.2) is 5.60 Å². The number of nitrogens with two attached hydrogens (primary N) is 1. The number of β-amino-alcohol motifs (C(OH)–C–C–N with tert-alkyl or cyclic N) is 1. The second-order valence-electron chi connectivity index (χ2n) is 7.18. The number of hydrogen-bond donors (Lipinski definition) is 2. The molecule has 0 radical (unpaired) electrons. The maximum Gasteiger partial charge on any atom is 0.251 e. The predicted octanol–water partition coefficient (Wildman–Crippen LogP) is -0.526. The first-order valence-corrected chi connectivity index (χ1v) is 8.50. The highest BCUT2D eigenvalue weighted by molar-refractivity contribution is 5.88. The molecule has 2 aliphatic heterocycles. The molecule has 3 amide bonds. The number of nitrogens with zero attached hydrogens (tertiary/aromatic N) is 2. The van der Waals surface area contributed by atoms with Crippen molar-refractivity contribution in [3.05, 3.63) is 0 Å². The molecule has 7 heteroatoms. The van der Waals surface area contributed by atoms with Crippen LogP contribution in [0.1, 0.15) is 38.5 Å². The fourth-order valence-corrected chi connectivity index (χ4v) is 3.86. The Labute approximate surface area is 135 Å². The first-order chi connectivity index (χ1) is 10.9. The molecular weight excluding hydrogens is 298 g/mol. The summed E-state index contributed by atoms with van der Waals surface area (Å²) in [5.41, 5.74) is 3.58. The molecule has 0 bridgehead atoms. The maximum absolute atomic E-state index is 12.4. The van der Waals surface area contributed by atoms with E-state index < -0.39 is 11.5 Å². The normalized spacial score (nSPS) is 29.4. The van der Waals surface area contributed by atoms with Crippen molar-refractivity contribution in [3.63, 3.8) is 0 Å². The van der Waals surface area contributed by atoms with Crippen molar-refractivity contribution in [1.29, 1.82) is 0 Å². The molecule has 3 fully saturated rings. The van der Waals surface area contributed by atoms with Gasteiger partial charge >= 0.3 is 0 Å². The van der Waals surface area contributed by atoms with Gasteiger partial charge in [-0.05, 0) is 12.8 Å². The highest BCUT2D eigenvalue weighted by atomic mass is 16.3. The van der Waals surface area contributed by atoms with E-state index in [4.69, 9.17) is 5.73 Å². The fraction of sp³-hybridized carbons (Fsp3) is 0.812. The molecule has 0 spiro atoms. The van der Waals surface area contributed by atoms with Crippen molar-refractivity contribution in [2.45, 2.75) is 44.1 Å². The van der Waals surface area contributed by atoms with E-state index in [9.17, 15) is 19.5 Å². The lowest BCUT2D eigenvalue weighted by molar-refractivity contribution is -0.151. The summed E-state index contributed by atoms with van der Waals surface area (Å²) in [5.74, 6) is -0.765. The van der Waals surface area contributed by atoms with E-state index in [1.54, 1.807) is 4.90 Å². The van der Waals surface area contributed by atoms with Crippen molar-refractivity contribution in [2.75, 3.05) is 26.2 Å². The third-order valence-corrected chi connectivity index (χ3v) is 5.51. The minimum Gasteiger partial charge on any atom is -0.378 e. The summed E-state index contributed by atoms with van der Waals surface area (Å²) < 4.78 is 0. The van der Waals surface area contributed by atoms with E-state index in [1.807, 2.05) is 0 Å². The summed E-state index contributed by atoms with van der Waals surface area (Å²) in [6, 6.07) is 0. The Hall–Kier alpha value is -1.63. The van der Waals surface area contributed by atoms with Gasteiger partial charge in [-0.25, -0.2) is 0 Å². The van der Waals surface area contributed by atoms with Crippen molar-refractivity contribution in [2.24, 2.45) is 17.6 Å². The van der Waals surface area contributed by atoms with Crippen LogP contribution in [0.2, 0.25) is 0 Å². The van der Waals surface area contributed by atoms with Crippen molar-refractivity contribution in [3.8, 4) is 0 Å². The topological polar surface area (TPSA) is 104 Å². The van der Waals surface area contributed by atoms with Gasteiger partial charge in [-0.1, -0.05) is 19.3 Å². The molecule has 1 atom stereocenters.